The number of hydrogen-bond acceptors (Lipinski definition) is 2. The fraction of sp³-hybridized carbons (Fsp3) is 0.647. The Bertz CT molecular complexity index is 389. The van der Waals surface area contributed by atoms with Crippen molar-refractivity contribution in [1.82, 2.24) is 5.32 Å². The van der Waals surface area contributed by atoms with Crippen molar-refractivity contribution in [3.8, 4) is 5.75 Å². The van der Waals surface area contributed by atoms with E-state index in [1.165, 1.54) is 49.7 Å². The second-order valence-corrected chi connectivity index (χ2v) is 5.56. The zero-order valence-corrected chi connectivity index (χ0v) is 12.4. The van der Waals surface area contributed by atoms with E-state index < -0.39 is 0 Å². The van der Waals surface area contributed by atoms with Crippen molar-refractivity contribution in [3.63, 3.8) is 0 Å². The predicted molar refractivity (Wildman–Crippen MR) is 81.0 cm³/mol. The molecule has 0 saturated carbocycles. The number of benzene rings is 1. The molecule has 0 aliphatic carbocycles. The highest BCUT2D eigenvalue weighted by atomic mass is 16.5. The minimum Gasteiger partial charge on any atom is -0.493 e. The average molecular weight is 261 g/mol. The Labute approximate surface area is 117 Å². The second-order valence-electron chi connectivity index (χ2n) is 5.56. The standard InChI is InChI=1S/C17H27NO/c1-3-4-5-6-16(18-2)9-7-14-8-10-17-15(13-14)11-12-19-17/h8,10,13,16,18H,3-7,9,11-12H2,1-2H3. The van der Waals surface area contributed by atoms with Crippen LogP contribution in [0.3, 0.4) is 0 Å². The van der Waals surface area contributed by atoms with Gasteiger partial charge in [0.25, 0.3) is 0 Å². The first-order valence-corrected chi connectivity index (χ1v) is 7.75. The average Bonchev–Trinajstić information content (AvgIpc) is 2.90. The predicted octanol–water partition coefficient (Wildman–Crippen LogP) is 3.72. The maximum atomic E-state index is 5.55. The van der Waals surface area contributed by atoms with Gasteiger partial charge in [-0.05, 0) is 43.5 Å². The summed E-state index contributed by atoms with van der Waals surface area (Å²) in [7, 11) is 2.09. The van der Waals surface area contributed by atoms with E-state index >= 15 is 0 Å². The second kappa shape index (κ2) is 7.54. The summed E-state index contributed by atoms with van der Waals surface area (Å²) >= 11 is 0. The molecule has 0 fully saturated rings. The summed E-state index contributed by atoms with van der Waals surface area (Å²) < 4.78 is 5.55. The fourth-order valence-corrected chi connectivity index (χ4v) is 2.81. The lowest BCUT2D eigenvalue weighted by molar-refractivity contribution is 0.357. The molecule has 1 heterocycles. The molecular weight excluding hydrogens is 234 g/mol. The van der Waals surface area contributed by atoms with Crippen LogP contribution in [0.5, 0.6) is 5.75 Å². The Balaban J connectivity index is 1.80. The molecule has 1 aromatic rings. The first kappa shape index (κ1) is 14.4. The monoisotopic (exact) mass is 261 g/mol. The molecule has 0 aromatic heterocycles. The van der Waals surface area contributed by atoms with E-state index in [1.807, 2.05) is 0 Å². The van der Waals surface area contributed by atoms with Crippen LogP contribution in [-0.2, 0) is 12.8 Å². The molecule has 1 atom stereocenters. The van der Waals surface area contributed by atoms with Gasteiger partial charge in [-0.25, -0.2) is 0 Å². The quantitative estimate of drug-likeness (QED) is 0.720. The van der Waals surface area contributed by atoms with Crippen molar-refractivity contribution in [2.75, 3.05) is 13.7 Å². The van der Waals surface area contributed by atoms with Gasteiger partial charge in [0.1, 0.15) is 5.75 Å². The SMILES string of the molecule is CCCCCC(CCc1ccc2c(c1)CCO2)NC. The van der Waals surface area contributed by atoms with Crippen LogP contribution in [-0.4, -0.2) is 19.7 Å². The first-order chi connectivity index (χ1) is 9.33. The van der Waals surface area contributed by atoms with Crippen LogP contribution in [0.25, 0.3) is 0 Å². The van der Waals surface area contributed by atoms with Gasteiger partial charge in [0.05, 0.1) is 6.61 Å². The Kier molecular flexibility index (Phi) is 5.71. The fourth-order valence-electron chi connectivity index (χ4n) is 2.81. The number of nitrogens with one attached hydrogen (secondary N) is 1. The van der Waals surface area contributed by atoms with Gasteiger partial charge >= 0.3 is 0 Å². The Morgan fingerprint density at radius 2 is 2.16 bits per heavy atom. The molecule has 0 saturated heterocycles. The molecule has 106 valence electrons. The van der Waals surface area contributed by atoms with E-state index in [0.717, 1.165) is 18.8 Å². The van der Waals surface area contributed by atoms with Gasteiger partial charge < -0.3 is 10.1 Å². The minimum absolute atomic E-state index is 0.663. The largest absolute Gasteiger partial charge is 0.493 e. The molecule has 1 aliphatic heterocycles. The Morgan fingerprint density at radius 1 is 1.26 bits per heavy atom. The lowest BCUT2D eigenvalue weighted by Crippen LogP contribution is -2.25. The van der Waals surface area contributed by atoms with Crippen LogP contribution >= 0.6 is 0 Å². The summed E-state index contributed by atoms with van der Waals surface area (Å²) in [6, 6.07) is 7.36. The topological polar surface area (TPSA) is 21.3 Å². The lowest BCUT2D eigenvalue weighted by Gasteiger charge is -2.16. The molecule has 0 radical (unpaired) electrons. The van der Waals surface area contributed by atoms with Crippen molar-refractivity contribution in [2.45, 2.75) is 57.9 Å². The first-order valence-electron chi connectivity index (χ1n) is 7.75. The van der Waals surface area contributed by atoms with Gasteiger partial charge in [0.2, 0.25) is 0 Å². The molecule has 19 heavy (non-hydrogen) atoms. The number of unbranched alkanes of at least 4 members (excludes halogenated alkanes) is 2. The number of aryl methyl sites for hydroxylation is 1. The summed E-state index contributed by atoms with van der Waals surface area (Å²) in [6.07, 6.45) is 8.80. The van der Waals surface area contributed by atoms with Gasteiger partial charge in [-0.1, -0.05) is 38.3 Å². The van der Waals surface area contributed by atoms with Crippen molar-refractivity contribution in [3.05, 3.63) is 29.3 Å². The molecule has 1 N–H and O–H groups in total. The highest BCUT2D eigenvalue weighted by Crippen LogP contribution is 2.26. The van der Waals surface area contributed by atoms with Crippen molar-refractivity contribution in [2.24, 2.45) is 0 Å². The number of fused-ring (bicyclic) bond motifs is 1. The van der Waals surface area contributed by atoms with E-state index in [1.54, 1.807) is 0 Å². The number of rotatable bonds is 8. The van der Waals surface area contributed by atoms with E-state index in [-0.39, 0.29) is 0 Å². The van der Waals surface area contributed by atoms with Gasteiger partial charge in [0.15, 0.2) is 0 Å². The van der Waals surface area contributed by atoms with Crippen LogP contribution < -0.4 is 10.1 Å². The summed E-state index contributed by atoms with van der Waals surface area (Å²) in [6.45, 7) is 3.12. The van der Waals surface area contributed by atoms with Gasteiger partial charge in [-0.15, -0.1) is 0 Å². The molecule has 2 rings (SSSR count). The van der Waals surface area contributed by atoms with E-state index in [9.17, 15) is 0 Å². The van der Waals surface area contributed by atoms with Crippen molar-refractivity contribution >= 4 is 0 Å². The smallest absolute Gasteiger partial charge is 0.122 e. The van der Waals surface area contributed by atoms with Crippen LogP contribution in [0.15, 0.2) is 18.2 Å². The van der Waals surface area contributed by atoms with Crippen LogP contribution in [0.4, 0.5) is 0 Å². The zero-order chi connectivity index (χ0) is 13.5. The molecule has 1 aliphatic rings. The maximum Gasteiger partial charge on any atom is 0.122 e. The molecule has 1 aromatic carbocycles. The number of hydrogen-bond donors (Lipinski definition) is 1. The summed E-state index contributed by atoms with van der Waals surface area (Å²) in [5, 5.41) is 3.46. The van der Waals surface area contributed by atoms with Gasteiger partial charge in [0, 0.05) is 12.5 Å². The summed E-state index contributed by atoms with van der Waals surface area (Å²) in [5.41, 5.74) is 2.85. The molecular formula is C17H27NO. The maximum absolute atomic E-state index is 5.55. The summed E-state index contributed by atoms with van der Waals surface area (Å²) in [4.78, 5) is 0. The third kappa shape index (κ3) is 4.24. The molecule has 0 amide bonds. The highest BCUT2D eigenvalue weighted by molar-refractivity contribution is 5.39. The Morgan fingerprint density at radius 3 is 2.95 bits per heavy atom. The molecule has 0 bridgehead atoms. The van der Waals surface area contributed by atoms with E-state index in [2.05, 4.69) is 37.5 Å². The molecule has 2 heteroatoms. The molecule has 0 spiro atoms. The Hall–Kier alpha value is -1.02. The van der Waals surface area contributed by atoms with Crippen molar-refractivity contribution < 1.29 is 4.74 Å². The van der Waals surface area contributed by atoms with Crippen LogP contribution in [0.2, 0.25) is 0 Å². The lowest BCUT2D eigenvalue weighted by atomic mass is 9.99. The van der Waals surface area contributed by atoms with E-state index in [0.29, 0.717) is 6.04 Å². The van der Waals surface area contributed by atoms with E-state index in [4.69, 9.17) is 4.74 Å². The minimum atomic E-state index is 0.663. The normalized spacial score (nSPS) is 15.1. The van der Waals surface area contributed by atoms with Crippen molar-refractivity contribution in [1.29, 1.82) is 0 Å². The molecule has 2 nitrogen and oxygen atoms in total. The number of ether oxygens (including phenoxy) is 1. The zero-order valence-electron chi connectivity index (χ0n) is 12.4. The molecule has 1 unspecified atom stereocenters. The third-order valence-electron chi connectivity index (χ3n) is 4.10. The highest BCUT2D eigenvalue weighted by Gasteiger charge is 2.12. The summed E-state index contributed by atoms with van der Waals surface area (Å²) in [5.74, 6) is 1.09. The third-order valence-corrected chi connectivity index (χ3v) is 4.10. The van der Waals surface area contributed by atoms with Crippen LogP contribution in [0.1, 0.15) is 50.2 Å². The van der Waals surface area contributed by atoms with Gasteiger partial charge in [-0.3, -0.25) is 0 Å². The van der Waals surface area contributed by atoms with Gasteiger partial charge in [-0.2, -0.15) is 0 Å². The van der Waals surface area contributed by atoms with Crippen LogP contribution in [0, 0.1) is 0 Å².